The van der Waals surface area contributed by atoms with E-state index in [1.54, 1.807) is 0 Å². The van der Waals surface area contributed by atoms with Gasteiger partial charge in [-0.15, -0.1) is 12.6 Å². The summed E-state index contributed by atoms with van der Waals surface area (Å²) in [4.78, 5) is 13.8. The number of hydrogen-bond donors (Lipinski definition) is 1. The lowest BCUT2D eigenvalue weighted by Gasteiger charge is -2.58. The molecule has 196 valence electrons. The lowest BCUT2D eigenvalue weighted by molar-refractivity contribution is -0.219. The molecular weight excluding hydrogens is 476 g/mol. The summed E-state index contributed by atoms with van der Waals surface area (Å²) >= 11 is 4.85. The molecule has 3 aromatic rings. The highest BCUT2D eigenvalue weighted by atomic mass is 32.1. The van der Waals surface area contributed by atoms with Gasteiger partial charge in [0.25, 0.3) is 0 Å². The lowest BCUT2D eigenvalue weighted by atomic mass is 9.53. The van der Waals surface area contributed by atoms with E-state index >= 15 is 0 Å². The van der Waals surface area contributed by atoms with Crippen molar-refractivity contribution in [2.75, 3.05) is 0 Å². The second-order valence-electron chi connectivity index (χ2n) is 13.1. The quantitative estimate of drug-likeness (QED) is 0.203. The number of esters is 1. The Hall–Kier alpha value is -2.04. The van der Waals surface area contributed by atoms with E-state index in [2.05, 4.69) is 69.3 Å². The summed E-state index contributed by atoms with van der Waals surface area (Å²) in [7, 11) is 0. The van der Waals surface area contributed by atoms with E-state index in [0.29, 0.717) is 23.7 Å². The molecule has 0 saturated heterocycles. The van der Waals surface area contributed by atoms with Crippen LogP contribution < -0.4 is 0 Å². The summed E-state index contributed by atoms with van der Waals surface area (Å²) in [6.45, 7) is 10.5. The summed E-state index contributed by atoms with van der Waals surface area (Å²) in [5, 5.41) is 4.91. The van der Waals surface area contributed by atoms with Crippen LogP contribution in [0, 0.1) is 29.1 Å². The van der Waals surface area contributed by atoms with Crippen LogP contribution in [0.4, 0.5) is 0 Å². The van der Waals surface area contributed by atoms with Gasteiger partial charge in [-0.3, -0.25) is 4.79 Å². The average Bonchev–Trinajstić information content (AvgIpc) is 2.87. The Balaban J connectivity index is 1.21. The van der Waals surface area contributed by atoms with Gasteiger partial charge in [0.2, 0.25) is 0 Å². The molecule has 0 spiro atoms. The maximum atomic E-state index is 12.8. The normalized spacial score (nSPS) is 29.2. The Morgan fingerprint density at radius 3 is 2.11 bits per heavy atom. The predicted molar refractivity (Wildman–Crippen MR) is 153 cm³/mol. The zero-order valence-corrected chi connectivity index (χ0v) is 23.7. The Morgan fingerprint density at radius 2 is 1.46 bits per heavy atom. The fourth-order valence-corrected chi connectivity index (χ4v) is 7.79. The van der Waals surface area contributed by atoms with Crippen LogP contribution in [0.5, 0.6) is 0 Å². The third-order valence-corrected chi connectivity index (χ3v) is 10.3. The molecule has 37 heavy (non-hydrogen) atoms. The van der Waals surface area contributed by atoms with Gasteiger partial charge < -0.3 is 9.47 Å². The summed E-state index contributed by atoms with van der Waals surface area (Å²) in [5.74, 6) is 2.07. The van der Waals surface area contributed by atoms with Crippen molar-refractivity contribution in [2.24, 2.45) is 29.1 Å². The monoisotopic (exact) mass is 516 g/mol. The Labute approximate surface area is 226 Å². The average molecular weight is 517 g/mol. The first kappa shape index (κ1) is 25.2. The molecule has 0 amide bonds. The van der Waals surface area contributed by atoms with Gasteiger partial charge in [0, 0.05) is 4.90 Å². The van der Waals surface area contributed by atoms with E-state index in [0.717, 1.165) is 37.0 Å². The van der Waals surface area contributed by atoms with Crippen LogP contribution in [0.1, 0.15) is 72.3 Å². The third-order valence-electron chi connectivity index (χ3n) is 9.92. The first-order valence-electron chi connectivity index (χ1n) is 14.1. The van der Waals surface area contributed by atoms with Crippen LogP contribution >= 0.6 is 12.6 Å². The first-order valence-corrected chi connectivity index (χ1v) is 14.6. The number of thiol groups is 1. The van der Waals surface area contributed by atoms with Crippen LogP contribution in [0.25, 0.3) is 21.5 Å². The van der Waals surface area contributed by atoms with Crippen LogP contribution in [0.2, 0.25) is 0 Å². The largest absolute Gasteiger partial charge is 0.461 e. The van der Waals surface area contributed by atoms with E-state index in [1.165, 1.54) is 27.1 Å². The van der Waals surface area contributed by atoms with Gasteiger partial charge in [0.1, 0.15) is 6.10 Å². The van der Waals surface area contributed by atoms with Crippen LogP contribution in [0.15, 0.2) is 53.4 Å². The fourth-order valence-electron chi connectivity index (χ4n) is 7.46. The van der Waals surface area contributed by atoms with Gasteiger partial charge in [-0.1, -0.05) is 43.3 Å². The maximum Gasteiger partial charge on any atom is 0.311 e. The van der Waals surface area contributed by atoms with Crippen molar-refractivity contribution < 1.29 is 14.3 Å². The molecule has 7 rings (SSSR count). The molecule has 0 aliphatic heterocycles. The third kappa shape index (κ3) is 4.29. The molecule has 4 fully saturated rings. The van der Waals surface area contributed by atoms with Crippen molar-refractivity contribution in [3.05, 3.63) is 54.1 Å². The molecule has 0 heterocycles. The standard InChI is InChI=1S/C33H40O3S/c1-6-32(2,3)31(34)35-29-20-13-22-15-21(29)16-23(14-20)30(22)36-33(4,5)24-11-12-26-25-10-8-7-9-19(25)17-28(37)27(26)18-24/h7-12,17-18,20-23,29-30,37H,6,13-16H2,1-5H3. The van der Waals surface area contributed by atoms with E-state index in [9.17, 15) is 4.79 Å². The minimum atomic E-state index is -0.399. The molecule has 0 unspecified atom stereocenters. The van der Waals surface area contributed by atoms with Crippen molar-refractivity contribution in [2.45, 2.75) is 89.4 Å². The molecule has 0 aromatic heterocycles. The maximum absolute atomic E-state index is 12.8. The molecule has 0 N–H and O–H groups in total. The van der Waals surface area contributed by atoms with Gasteiger partial charge in [0.05, 0.1) is 17.1 Å². The lowest BCUT2D eigenvalue weighted by Crippen LogP contribution is -2.58. The van der Waals surface area contributed by atoms with E-state index in [4.69, 9.17) is 22.1 Å². The Kier molecular flexibility index (Phi) is 6.15. The number of fused-ring (bicyclic) bond motifs is 3. The number of rotatable bonds is 6. The summed E-state index contributed by atoms with van der Waals surface area (Å²) in [5.41, 5.74) is 0.411. The zero-order valence-electron chi connectivity index (χ0n) is 22.8. The molecule has 0 radical (unpaired) electrons. The fraction of sp³-hybridized carbons (Fsp3) is 0.545. The molecule has 4 aliphatic rings. The number of carbonyl (C=O) groups is 1. The topological polar surface area (TPSA) is 35.5 Å². The van der Waals surface area contributed by atoms with Crippen molar-refractivity contribution in [3.63, 3.8) is 0 Å². The molecule has 3 nitrogen and oxygen atoms in total. The zero-order chi connectivity index (χ0) is 26.1. The second-order valence-corrected chi connectivity index (χ2v) is 13.5. The van der Waals surface area contributed by atoms with E-state index in [1.807, 2.05) is 13.8 Å². The predicted octanol–water partition coefficient (Wildman–Crippen LogP) is 8.32. The summed E-state index contributed by atoms with van der Waals surface area (Å²) < 4.78 is 13.2. The summed E-state index contributed by atoms with van der Waals surface area (Å²) in [6.07, 6.45) is 5.64. The van der Waals surface area contributed by atoms with Gasteiger partial charge >= 0.3 is 5.97 Å². The molecule has 0 atom stereocenters. The number of ether oxygens (including phenoxy) is 2. The molecular formula is C33H40O3S. The number of benzene rings is 3. The molecule has 4 bridgehead atoms. The molecule has 4 saturated carbocycles. The van der Waals surface area contributed by atoms with Crippen LogP contribution in [-0.4, -0.2) is 18.2 Å². The van der Waals surface area contributed by atoms with Crippen molar-refractivity contribution >= 4 is 40.1 Å². The van der Waals surface area contributed by atoms with Crippen molar-refractivity contribution in [3.8, 4) is 0 Å². The smallest absolute Gasteiger partial charge is 0.311 e. The van der Waals surface area contributed by atoms with E-state index < -0.39 is 11.0 Å². The molecule has 4 aliphatic carbocycles. The van der Waals surface area contributed by atoms with Crippen molar-refractivity contribution in [1.29, 1.82) is 0 Å². The molecule has 3 aromatic carbocycles. The van der Waals surface area contributed by atoms with Crippen molar-refractivity contribution in [1.82, 2.24) is 0 Å². The summed E-state index contributed by atoms with van der Waals surface area (Å²) in [6, 6.07) is 17.5. The number of carbonyl (C=O) groups excluding carboxylic acids is 1. The molecule has 4 heteroatoms. The Bertz CT molecular complexity index is 1330. The van der Waals surface area contributed by atoms with Gasteiger partial charge in [0.15, 0.2) is 0 Å². The first-order chi connectivity index (χ1) is 17.6. The highest BCUT2D eigenvalue weighted by Gasteiger charge is 2.56. The number of hydrogen-bond acceptors (Lipinski definition) is 4. The van der Waals surface area contributed by atoms with Crippen LogP contribution in [0.3, 0.4) is 0 Å². The Morgan fingerprint density at radius 1 is 0.838 bits per heavy atom. The SMILES string of the molecule is CCC(C)(C)C(=O)OC1C2CC3CC1CC(C2)C3OC(C)(C)c1ccc2c(c1)c(S)cc1ccccc12. The minimum absolute atomic E-state index is 0.0194. The highest BCUT2D eigenvalue weighted by molar-refractivity contribution is 7.80. The van der Waals surface area contributed by atoms with E-state index in [-0.39, 0.29) is 18.2 Å². The van der Waals surface area contributed by atoms with Crippen LogP contribution in [-0.2, 0) is 19.9 Å². The van der Waals surface area contributed by atoms with Gasteiger partial charge in [-0.05, 0) is 123 Å². The minimum Gasteiger partial charge on any atom is -0.461 e. The van der Waals surface area contributed by atoms with Gasteiger partial charge in [-0.25, -0.2) is 0 Å². The second kappa shape index (κ2) is 9.02. The highest BCUT2D eigenvalue weighted by Crippen LogP contribution is 2.57. The van der Waals surface area contributed by atoms with Gasteiger partial charge in [-0.2, -0.15) is 0 Å².